The SMILES string of the molecule is O=C([O-])Cc1csc(NCCOc2cc(Cl)ccc2Cl)n1. The fourth-order valence-corrected chi connectivity index (χ4v) is 2.60. The van der Waals surface area contributed by atoms with E-state index in [9.17, 15) is 9.90 Å². The molecule has 0 radical (unpaired) electrons. The lowest BCUT2D eigenvalue weighted by Crippen LogP contribution is -2.24. The summed E-state index contributed by atoms with van der Waals surface area (Å²) in [5.74, 6) is -0.631. The first kappa shape index (κ1) is 15.9. The maximum Gasteiger partial charge on any atom is 0.182 e. The zero-order valence-electron chi connectivity index (χ0n) is 10.8. The monoisotopic (exact) mass is 345 g/mol. The molecule has 8 heteroatoms. The van der Waals surface area contributed by atoms with Crippen LogP contribution in [0.1, 0.15) is 5.69 Å². The summed E-state index contributed by atoms with van der Waals surface area (Å²) in [5.41, 5.74) is 0.473. The quantitative estimate of drug-likeness (QED) is 0.779. The molecule has 0 aliphatic heterocycles. The largest absolute Gasteiger partial charge is 0.550 e. The molecule has 0 bridgehead atoms. The highest BCUT2D eigenvalue weighted by molar-refractivity contribution is 7.13. The number of ether oxygens (including phenoxy) is 1. The van der Waals surface area contributed by atoms with Crippen molar-refractivity contribution in [3.63, 3.8) is 0 Å². The molecule has 0 saturated heterocycles. The molecular weight excluding hydrogens is 335 g/mol. The van der Waals surface area contributed by atoms with E-state index in [1.54, 1.807) is 23.6 Å². The van der Waals surface area contributed by atoms with Crippen LogP contribution in [0.15, 0.2) is 23.6 Å². The van der Waals surface area contributed by atoms with Crippen LogP contribution in [-0.4, -0.2) is 24.1 Å². The molecule has 2 aromatic rings. The number of anilines is 1. The van der Waals surface area contributed by atoms with Crippen molar-refractivity contribution in [2.24, 2.45) is 0 Å². The number of thiazole rings is 1. The van der Waals surface area contributed by atoms with Crippen LogP contribution in [0.25, 0.3) is 0 Å². The topological polar surface area (TPSA) is 74.3 Å². The van der Waals surface area contributed by atoms with Crippen LogP contribution in [0.4, 0.5) is 5.13 Å². The van der Waals surface area contributed by atoms with Crippen molar-refractivity contribution < 1.29 is 14.6 Å². The van der Waals surface area contributed by atoms with E-state index in [1.807, 2.05) is 0 Å². The molecule has 0 fully saturated rings. The molecule has 112 valence electrons. The van der Waals surface area contributed by atoms with E-state index in [-0.39, 0.29) is 6.42 Å². The first-order chi connectivity index (χ1) is 10.0. The van der Waals surface area contributed by atoms with E-state index in [4.69, 9.17) is 27.9 Å². The van der Waals surface area contributed by atoms with Crippen LogP contribution in [-0.2, 0) is 11.2 Å². The van der Waals surface area contributed by atoms with Gasteiger partial charge >= 0.3 is 0 Å². The molecule has 21 heavy (non-hydrogen) atoms. The molecule has 0 aliphatic rings. The van der Waals surface area contributed by atoms with Crippen molar-refractivity contribution >= 4 is 45.6 Å². The van der Waals surface area contributed by atoms with Gasteiger partial charge in [-0.25, -0.2) is 4.98 Å². The van der Waals surface area contributed by atoms with Crippen LogP contribution < -0.4 is 15.2 Å². The van der Waals surface area contributed by atoms with Gasteiger partial charge in [0.25, 0.3) is 0 Å². The molecule has 1 aromatic heterocycles. The Bertz CT molecular complexity index is 634. The van der Waals surface area contributed by atoms with E-state index in [0.717, 1.165) is 0 Å². The first-order valence-corrected chi connectivity index (χ1v) is 7.64. The Morgan fingerprint density at radius 2 is 2.24 bits per heavy atom. The first-order valence-electron chi connectivity index (χ1n) is 6.00. The number of carbonyl (C=O) groups is 1. The fourth-order valence-electron chi connectivity index (χ4n) is 1.52. The summed E-state index contributed by atoms with van der Waals surface area (Å²) < 4.78 is 5.50. The van der Waals surface area contributed by atoms with Gasteiger partial charge in [0.05, 0.1) is 17.3 Å². The number of rotatable bonds is 7. The maximum atomic E-state index is 10.4. The molecule has 0 saturated carbocycles. The highest BCUT2D eigenvalue weighted by Gasteiger charge is 2.04. The molecule has 0 atom stereocenters. The normalized spacial score (nSPS) is 10.4. The summed E-state index contributed by atoms with van der Waals surface area (Å²) in [4.78, 5) is 14.6. The van der Waals surface area contributed by atoms with Gasteiger partial charge in [-0.1, -0.05) is 23.2 Å². The molecule has 1 heterocycles. The van der Waals surface area contributed by atoms with Gasteiger partial charge in [0.1, 0.15) is 12.4 Å². The van der Waals surface area contributed by atoms with Crippen LogP contribution in [0.5, 0.6) is 5.75 Å². The van der Waals surface area contributed by atoms with Crippen molar-refractivity contribution in [1.82, 2.24) is 4.98 Å². The summed E-state index contributed by atoms with van der Waals surface area (Å²) in [7, 11) is 0. The number of nitrogens with zero attached hydrogens (tertiary/aromatic N) is 1. The van der Waals surface area contributed by atoms with Gasteiger partial charge in [-0.05, 0) is 12.1 Å². The summed E-state index contributed by atoms with van der Waals surface area (Å²) in [5, 5.41) is 16.8. The van der Waals surface area contributed by atoms with Crippen LogP contribution in [0.3, 0.4) is 0 Å². The molecule has 0 amide bonds. The minimum atomic E-state index is -1.15. The lowest BCUT2D eigenvalue weighted by Gasteiger charge is -2.08. The molecule has 0 aliphatic carbocycles. The van der Waals surface area contributed by atoms with Crippen molar-refractivity contribution in [2.45, 2.75) is 6.42 Å². The zero-order valence-corrected chi connectivity index (χ0v) is 13.1. The summed E-state index contributed by atoms with van der Waals surface area (Å²) in [6.07, 6.45) is -0.188. The number of benzene rings is 1. The standard InChI is InChI=1S/C13H12Cl2N2O3S/c14-8-1-2-10(15)11(5-8)20-4-3-16-13-17-9(7-21-13)6-12(18)19/h1-2,5,7H,3-4,6H2,(H,16,17)(H,18,19)/p-1. The minimum Gasteiger partial charge on any atom is -0.550 e. The molecule has 1 N–H and O–H groups in total. The molecule has 5 nitrogen and oxygen atoms in total. The zero-order chi connectivity index (χ0) is 15.2. The Morgan fingerprint density at radius 1 is 1.43 bits per heavy atom. The third-order valence-electron chi connectivity index (χ3n) is 2.41. The Kier molecular flexibility index (Phi) is 5.67. The summed E-state index contributed by atoms with van der Waals surface area (Å²) >= 11 is 13.1. The van der Waals surface area contributed by atoms with Crippen molar-refractivity contribution in [2.75, 3.05) is 18.5 Å². The number of aromatic nitrogens is 1. The number of hydrogen-bond acceptors (Lipinski definition) is 6. The number of carboxylic acids is 1. The average Bonchev–Trinajstić information content (AvgIpc) is 2.85. The Morgan fingerprint density at radius 3 is 3.00 bits per heavy atom. The number of nitrogens with one attached hydrogen (secondary N) is 1. The predicted octanol–water partition coefficient (Wildman–Crippen LogP) is 2.23. The minimum absolute atomic E-state index is 0.188. The number of halogens is 2. The van der Waals surface area contributed by atoms with Gasteiger partial charge < -0.3 is 20.0 Å². The molecular formula is C13H11Cl2N2O3S-. The lowest BCUT2D eigenvalue weighted by molar-refractivity contribution is -0.304. The highest BCUT2D eigenvalue weighted by Crippen LogP contribution is 2.27. The second-order valence-corrected chi connectivity index (χ2v) is 5.74. The van der Waals surface area contributed by atoms with E-state index in [1.165, 1.54) is 11.3 Å². The third kappa shape index (κ3) is 5.08. The van der Waals surface area contributed by atoms with Gasteiger partial charge in [-0.2, -0.15) is 0 Å². The lowest BCUT2D eigenvalue weighted by atomic mass is 10.3. The van der Waals surface area contributed by atoms with Crippen molar-refractivity contribution in [3.8, 4) is 5.75 Å². The smallest absolute Gasteiger partial charge is 0.182 e. The molecule has 0 spiro atoms. The summed E-state index contributed by atoms with van der Waals surface area (Å²) in [6, 6.07) is 4.99. The van der Waals surface area contributed by atoms with Gasteiger partial charge in [0.15, 0.2) is 5.13 Å². The van der Waals surface area contributed by atoms with Gasteiger partial charge in [0, 0.05) is 28.9 Å². The predicted molar refractivity (Wildman–Crippen MR) is 81.3 cm³/mol. The van der Waals surface area contributed by atoms with Gasteiger partial charge in [-0.3, -0.25) is 0 Å². The van der Waals surface area contributed by atoms with Crippen molar-refractivity contribution in [3.05, 3.63) is 39.3 Å². The number of hydrogen-bond donors (Lipinski definition) is 1. The Hall–Kier alpha value is -1.50. The van der Waals surface area contributed by atoms with E-state index < -0.39 is 5.97 Å². The van der Waals surface area contributed by atoms with Crippen LogP contribution >= 0.6 is 34.5 Å². The molecule has 2 rings (SSSR count). The summed E-state index contributed by atoms with van der Waals surface area (Å²) in [6.45, 7) is 0.872. The van der Waals surface area contributed by atoms with Gasteiger partial charge in [-0.15, -0.1) is 11.3 Å². The fraction of sp³-hybridized carbons (Fsp3) is 0.231. The van der Waals surface area contributed by atoms with Crippen LogP contribution in [0, 0.1) is 0 Å². The van der Waals surface area contributed by atoms with E-state index >= 15 is 0 Å². The Labute approximate surface area is 135 Å². The number of carbonyl (C=O) groups excluding carboxylic acids is 1. The Balaban J connectivity index is 1.78. The number of aliphatic carboxylic acids is 1. The molecule has 0 unspecified atom stereocenters. The number of carboxylic acid groups (broad SMARTS) is 1. The van der Waals surface area contributed by atoms with E-state index in [2.05, 4.69) is 10.3 Å². The van der Waals surface area contributed by atoms with Gasteiger partial charge in [0.2, 0.25) is 0 Å². The average molecular weight is 346 g/mol. The van der Waals surface area contributed by atoms with Crippen molar-refractivity contribution in [1.29, 1.82) is 0 Å². The maximum absolute atomic E-state index is 10.4. The van der Waals surface area contributed by atoms with Crippen LogP contribution in [0.2, 0.25) is 10.0 Å². The van der Waals surface area contributed by atoms with E-state index in [0.29, 0.717) is 39.8 Å². The third-order valence-corrected chi connectivity index (χ3v) is 3.80. The second-order valence-electron chi connectivity index (χ2n) is 4.04. The highest BCUT2D eigenvalue weighted by atomic mass is 35.5. The molecule has 1 aromatic carbocycles. The second kappa shape index (κ2) is 7.49.